The van der Waals surface area contributed by atoms with Gasteiger partial charge in [-0.15, -0.1) is 0 Å². The van der Waals surface area contributed by atoms with E-state index in [1.807, 2.05) is 58.4 Å². The van der Waals surface area contributed by atoms with Crippen LogP contribution in [0.4, 0.5) is 4.79 Å². The van der Waals surface area contributed by atoms with E-state index in [0.29, 0.717) is 25.5 Å². The molecule has 8 nitrogen and oxygen atoms in total. The largest absolute Gasteiger partial charge is 0.385 e. The first-order valence-electron chi connectivity index (χ1n) is 9.64. The van der Waals surface area contributed by atoms with Crippen molar-refractivity contribution in [2.24, 2.45) is 13.0 Å². The molecule has 0 bridgehead atoms. The number of amides is 2. The maximum atomic E-state index is 12.5. The summed E-state index contributed by atoms with van der Waals surface area (Å²) in [6, 6.07) is 5.87. The fourth-order valence-corrected chi connectivity index (χ4v) is 3.85. The van der Waals surface area contributed by atoms with Crippen molar-refractivity contribution in [2.75, 3.05) is 13.1 Å². The smallest absolute Gasteiger partial charge is 0.317 e. The van der Waals surface area contributed by atoms with E-state index < -0.39 is 6.10 Å². The number of aromatic nitrogens is 4. The van der Waals surface area contributed by atoms with Crippen molar-refractivity contribution in [3.8, 4) is 0 Å². The highest BCUT2D eigenvalue weighted by Crippen LogP contribution is 2.29. The lowest BCUT2D eigenvalue weighted by molar-refractivity contribution is 0.0584. The van der Waals surface area contributed by atoms with E-state index in [-0.39, 0.29) is 11.9 Å². The lowest BCUT2D eigenvalue weighted by Crippen LogP contribution is -2.45. The Hall–Kier alpha value is -2.87. The number of imidazole rings is 2. The second-order valence-corrected chi connectivity index (χ2v) is 7.45. The van der Waals surface area contributed by atoms with Crippen LogP contribution in [0.25, 0.3) is 5.65 Å². The van der Waals surface area contributed by atoms with Crippen LogP contribution in [0.15, 0.2) is 36.8 Å². The Bertz CT molecular complexity index is 970. The predicted molar refractivity (Wildman–Crippen MR) is 105 cm³/mol. The number of nitrogens with zero attached hydrogens (tertiary/aromatic N) is 5. The van der Waals surface area contributed by atoms with Gasteiger partial charge in [0.25, 0.3) is 0 Å². The third-order valence-electron chi connectivity index (χ3n) is 5.56. The maximum absolute atomic E-state index is 12.5. The summed E-state index contributed by atoms with van der Waals surface area (Å²) in [5.74, 6) is 0.802. The Morgan fingerprint density at radius 3 is 2.82 bits per heavy atom. The van der Waals surface area contributed by atoms with Crippen LogP contribution in [0.2, 0.25) is 0 Å². The summed E-state index contributed by atoms with van der Waals surface area (Å²) in [6.45, 7) is 3.68. The Labute approximate surface area is 163 Å². The highest BCUT2D eigenvalue weighted by atomic mass is 16.3. The molecule has 8 heteroatoms. The zero-order valence-corrected chi connectivity index (χ0v) is 16.2. The number of pyridine rings is 1. The molecule has 0 saturated carbocycles. The molecule has 3 aromatic rings. The molecule has 0 aromatic carbocycles. The number of aliphatic hydroxyl groups is 1. The Morgan fingerprint density at radius 2 is 2.14 bits per heavy atom. The first-order valence-corrected chi connectivity index (χ1v) is 9.64. The van der Waals surface area contributed by atoms with Gasteiger partial charge in [-0.1, -0.05) is 6.07 Å². The van der Waals surface area contributed by atoms with Crippen LogP contribution >= 0.6 is 0 Å². The molecule has 3 aromatic heterocycles. The van der Waals surface area contributed by atoms with E-state index in [2.05, 4.69) is 15.3 Å². The number of likely N-dealkylation sites (tertiary alicyclic amines) is 1. The van der Waals surface area contributed by atoms with E-state index in [9.17, 15) is 9.90 Å². The molecule has 1 atom stereocenters. The summed E-state index contributed by atoms with van der Waals surface area (Å²) in [7, 11) is 1.88. The summed E-state index contributed by atoms with van der Waals surface area (Å²) in [6.07, 6.45) is 6.42. The van der Waals surface area contributed by atoms with E-state index >= 15 is 0 Å². The molecule has 1 aliphatic heterocycles. The number of rotatable bonds is 4. The molecule has 28 heavy (non-hydrogen) atoms. The molecular weight excluding hydrogens is 356 g/mol. The number of aryl methyl sites for hydroxylation is 2. The minimum atomic E-state index is -0.591. The van der Waals surface area contributed by atoms with Gasteiger partial charge in [-0.2, -0.15) is 0 Å². The fourth-order valence-electron chi connectivity index (χ4n) is 3.85. The van der Waals surface area contributed by atoms with Gasteiger partial charge in [0.2, 0.25) is 0 Å². The molecule has 2 N–H and O–H groups in total. The average molecular weight is 382 g/mol. The van der Waals surface area contributed by atoms with Gasteiger partial charge in [0.1, 0.15) is 17.6 Å². The van der Waals surface area contributed by atoms with Gasteiger partial charge in [0, 0.05) is 44.4 Å². The van der Waals surface area contributed by atoms with Gasteiger partial charge in [0.15, 0.2) is 0 Å². The summed E-state index contributed by atoms with van der Waals surface area (Å²) < 4.78 is 3.87. The second-order valence-electron chi connectivity index (χ2n) is 7.45. The van der Waals surface area contributed by atoms with E-state index in [1.165, 1.54) is 0 Å². The molecular formula is C20H26N6O2. The Morgan fingerprint density at radius 1 is 1.36 bits per heavy atom. The number of piperidine rings is 1. The Balaban J connectivity index is 1.30. The minimum absolute atomic E-state index is 0.0845. The van der Waals surface area contributed by atoms with Gasteiger partial charge >= 0.3 is 6.03 Å². The zero-order valence-electron chi connectivity index (χ0n) is 16.2. The van der Waals surface area contributed by atoms with Crippen molar-refractivity contribution in [2.45, 2.75) is 32.4 Å². The number of urea groups is 1. The molecule has 0 aliphatic carbocycles. The number of hydrogen-bond acceptors (Lipinski definition) is 4. The fraction of sp³-hybridized carbons (Fsp3) is 0.450. The molecule has 1 aliphatic rings. The molecule has 4 heterocycles. The van der Waals surface area contributed by atoms with E-state index in [1.54, 1.807) is 6.20 Å². The molecule has 0 spiro atoms. The average Bonchev–Trinajstić information content (AvgIpc) is 3.32. The highest BCUT2D eigenvalue weighted by Gasteiger charge is 2.30. The number of nitrogens with one attached hydrogen (secondary N) is 1. The van der Waals surface area contributed by atoms with Gasteiger partial charge in [0.05, 0.1) is 12.2 Å². The quantitative estimate of drug-likeness (QED) is 0.723. The third-order valence-corrected chi connectivity index (χ3v) is 5.56. The van der Waals surface area contributed by atoms with Crippen molar-refractivity contribution in [1.29, 1.82) is 0 Å². The third kappa shape index (κ3) is 3.60. The van der Waals surface area contributed by atoms with Crippen LogP contribution in [0, 0.1) is 12.8 Å². The van der Waals surface area contributed by atoms with Crippen molar-refractivity contribution in [3.05, 3.63) is 54.0 Å². The van der Waals surface area contributed by atoms with Gasteiger partial charge in [-0.3, -0.25) is 0 Å². The van der Waals surface area contributed by atoms with Crippen LogP contribution in [0.3, 0.4) is 0 Å². The summed E-state index contributed by atoms with van der Waals surface area (Å²) in [5.41, 5.74) is 2.83. The van der Waals surface area contributed by atoms with Gasteiger partial charge in [-0.25, -0.2) is 14.8 Å². The number of carbonyl (C=O) groups excluding carboxylic acids is 1. The van der Waals surface area contributed by atoms with Crippen molar-refractivity contribution < 1.29 is 9.90 Å². The first-order chi connectivity index (χ1) is 13.5. The topological polar surface area (TPSA) is 87.7 Å². The molecule has 0 unspecified atom stereocenters. The SMILES string of the molecule is Cc1cccc2nc(CNC(=O)N3CCC([C@H](O)c4nccn4C)CC3)cn12. The second kappa shape index (κ2) is 7.63. The number of carbonyl (C=O) groups is 1. The van der Waals surface area contributed by atoms with Crippen LogP contribution in [0.1, 0.15) is 36.2 Å². The molecule has 1 saturated heterocycles. The van der Waals surface area contributed by atoms with Gasteiger partial charge in [-0.05, 0) is 37.8 Å². The number of fused-ring (bicyclic) bond motifs is 1. The lowest BCUT2D eigenvalue weighted by atomic mass is 9.91. The maximum Gasteiger partial charge on any atom is 0.317 e. The van der Waals surface area contributed by atoms with Crippen LogP contribution < -0.4 is 5.32 Å². The Kier molecular flexibility index (Phi) is 5.04. The minimum Gasteiger partial charge on any atom is -0.385 e. The normalized spacial score (nSPS) is 16.5. The number of hydrogen-bond donors (Lipinski definition) is 2. The van der Waals surface area contributed by atoms with Crippen molar-refractivity contribution in [3.63, 3.8) is 0 Å². The zero-order chi connectivity index (χ0) is 19.7. The molecule has 0 radical (unpaired) electrons. The van der Waals surface area contributed by atoms with Crippen molar-refractivity contribution >= 4 is 11.7 Å². The number of aliphatic hydroxyl groups excluding tert-OH is 1. The summed E-state index contributed by atoms with van der Waals surface area (Å²) in [5, 5.41) is 13.5. The highest BCUT2D eigenvalue weighted by molar-refractivity contribution is 5.74. The molecule has 1 fully saturated rings. The van der Waals surface area contributed by atoms with E-state index in [4.69, 9.17) is 0 Å². The van der Waals surface area contributed by atoms with E-state index in [0.717, 1.165) is 29.9 Å². The predicted octanol–water partition coefficient (Wildman–Crippen LogP) is 2.03. The standard InChI is InChI=1S/C20H26N6O2/c1-14-4-3-5-17-23-16(13-26(14)17)12-22-20(28)25-9-6-15(7-10-25)18(27)19-21-8-11-24(19)2/h3-5,8,11,13,15,18,27H,6-7,9-10,12H2,1-2H3,(H,22,28)/t18-/m0/s1. The van der Waals surface area contributed by atoms with Crippen molar-refractivity contribution in [1.82, 2.24) is 29.2 Å². The molecule has 2 amide bonds. The van der Waals surface area contributed by atoms with Crippen LogP contribution in [0.5, 0.6) is 0 Å². The van der Waals surface area contributed by atoms with Crippen LogP contribution in [-0.4, -0.2) is 48.1 Å². The lowest BCUT2D eigenvalue weighted by Gasteiger charge is -2.34. The van der Waals surface area contributed by atoms with Gasteiger partial charge < -0.3 is 24.3 Å². The summed E-state index contributed by atoms with van der Waals surface area (Å²) >= 11 is 0. The first kappa shape index (κ1) is 18.5. The molecule has 4 rings (SSSR count). The summed E-state index contributed by atoms with van der Waals surface area (Å²) in [4.78, 5) is 23.1. The van der Waals surface area contributed by atoms with Crippen LogP contribution in [-0.2, 0) is 13.6 Å². The molecule has 148 valence electrons. The monoisotopic (exact) mass is 382 g/mol.